The maximum Gasteiger partial charge on any atom is 0.408 e. The van der Waals surface area contributed by atoms with E-state index in [2.05, 4.69) is 10.6 Å². The van der Waals surface area contributed by atoms with Gasteiger partial charge in [0.1, 0.15) is 35.7 Å². The molecule has 2 aromatic rings. The summed E-state index contributed by atoms with van der Waals surface area (Å²) < 4.78 is 5.38. The topological polar surface area (TPSA) is 152 Å². The van der Waals surface area contributed by atoms with Gasteiger partial charge in [0.25, 0.3) is 0 Å². The lowest BCUT2D eigenvalue weighted by Crippen LogP contribution is -2.54. The lowest BCUT2D eigenvalue weighted by atomic mass is 9.98. The summed E-state index contributed by atoms with van der Waals surface area (Å²) in [6.45, 7) is 8.74. The number of amides is 3. The molecule has 0 aliphatic heterocycles. The molecule has 10 heteroatoms. The van der Waals surface area contributed by atoms with Crippen molar-refractivity contribution in [1.29, 1.82) is 5.26 Å². The Morgan fingerprint density at radius 3 is 2.33 bits per heavy atom. The van der Waals surface area contributed by atoms with Gasteiger partial charge in [-0.1, -0.05) is 38.0 Å². The van der Waals surface area contributed by atoms with E-state index in [0.29, 0.717) is 23.2 Å². The zero-order chi connectivity index (χ0) is 29.9. The number of phenols is 2. The predicted octanol–water partition coefficient (Wildman–Crippen LogP) is 4.24. The van der Waals surface area contributed by atoms with Crippen molar-refractivity contribution in [3.05, 3.63) is 59.2 Å². The minimum absolute atomic E-state index is 0.0136. The van der Waals surface area contributed by atoms with Crippen LogP contribution in [-0.4, -0.2) is 57.8 Å². The molecule has 2 atom stereocenters. The molecular weight excluding hydrogens is 512 g/mol. The summed E-state index contributed by atoms with van der Waals surface area (Å²) in [6, 6.07) is 10.3. The highest BCUT2D eigenvalue weighted by Gasteiger charge is 2.36. The predicted molar refractivity (Wildman–Crippen MR) is 150 cm³/mol. The first kappa shape index (κ1) is 32.0. The zero-order valence-electron chi connectivity index (χ0n) is 23.9. The van der Waals surface area contributed by atoms with Crippen LogP contribution in [0.25, 0.3) is 0 Å². The van der Waals surface area contributed by atoms with Gasteiger partial charge in [-0.3, -0.25) is 9.59 Å². The van der Waals surface area contributed by atoms with E-state index in [-0.39, 0.29) is 17.9 Å². The number of rotatable bonds is 12. The second kappa shape index (κ2) is 14.8. The average molecular weight is 553 g/mol. The summed E-state index contributed by atoms with van der Waals surface area (Å²) in [5.41, 5.74) is 0.711. The molecule has 0 aromatic heterocycles. The Kier molecular flexibility index (Phi) is 11.8. The summed E-state index contributed by atoms with van der Waals surface area (Å²) in [6.07, 6.45) is 1.81. The van der Waals surface area contributed by atoms with E-state index in [1.54, 1.807) is 45.9 Å². The lowest BCUT2D eigenvalue weighted by Gasteiger charge is -2.33. The van der Waals surface area contributed by atoms with Crippen LogP contribution in [0.3, 0.4) is 0 Å². The third kappa shape index (κ3) is 9.80. The number of nitrogens with zero attached hydrogens (tertiary/aromatic N) is 2. The molecule has 2 unspecified atom stereocenters. The fourth-order valence-corrected chi connectivity index (χ4v) is 4.10. The standard InChI is InChI=1S/C30H40N4O6/c1-6-7-8-16-32-27(37)26(22-11-14-25(36)20(2)18-22)34(17-15-31)28(38)24(33-29(39)40-30(3,4)5)19-21-9-12-23(35)13-10-21/h9-14,18,24,26,35-36H,6-8,16-17,19H2,1-5H3,(H,32,37)(H,33,39). The Labute approximate surface area is 235 Å². The number of hydrogen-bond acceptors (Lipinski definition) is 7. The van der Waals surface area contributed by atoms with Crippen molar-refractivity contribution in [2.75, 3.05) is 13.1 Å². The Hall–Kier alpha value is -4.26. The molecule has 0 heterocycles. The molecule has 40 heavy (non-hydrogen) atoms. The van der Waals surface area contributed by atoms with Crippen molar-refractivity contribution in [2.45, 2.75) is 78.0 Å². The van der Waals surface area contributed by atoms with E-state index in [4.69, 9.17) is 4.74 Å². The minimum atomic E-state index is -1.20. The zero-order valence-corrected chi connectivity index (χ0v) is 23.9. The van der Waals surface area contributed by atoms with Crippen molar-refractivity contribution in [3.8, 4) is 17.6 Å². The maximum atomic E-state index is 14.1. The summed E-state index contributed by atoms with van der Waals surface area (Å²) in [7, 11) is 0. The molecule has 0 fully saturated rings. The number of phenolic OH excluding ortho intramolecular Hbond substituents is 2. The number of ether oxygens (including phenoxy) is 1. The summed E-state index contributed by atoms with van der Waals surface area (Å²) >= 11 is 0. The third-order valence-corrected chi connectivity index (χ3v) is 6.07. The van der Waals surface area contributed by atoms with E-state index >= 15 is 0 Å². The van der Waals surface area contributed by atoms with Crippen molar-refractivity contribution in [3.63, 3.8) is 0 Å². The van der Waals surface area contributed by atoms with Gasteiger partial charge in [-0.2, -0.15) is 5.26 Å². The molecule has 0 saturated carbocycles. The van der Waals surface area contributed by atoms with Crippen LogP contribution < -0.4 is 10.6 Å². The number of aryl methyl sites for hydroxylation is 1. The SMILES string of the molecule is CCCCCNC(=O)C(c1ccc(O)c(C)c1)N(CC#N)C(=O)C(Cc1ccc(O)cc1)NC(=O)OC(C)(C)C. The number of alkyl carbamates (subject to hydrolysis) is 1. The first-order valence-electron chi connectivity index (χ1n) is 13.4. The molecule has 3 amide bonds. The molecule has 216 valence electrons. The molecule has 2 rings (SSSR count). The number of carbonyl (C=O) groups excluding carboxylic acids is 3. The van der Waals surface area contributed by atoms with E-state index in [0.717, 1.165) is 24.2 Å². The Bertz CT molecular complexity index is 1200. The van der Waals surface area contributed by atoms with Crippen LogP contribution in [0.1, 0.15) is 69.7 Å². The largest absolute Gasteiger partial charge is 0.508 e. The smallest absolute Gasteiger partial charge is 0.408 e. The second-order valence-corrected chi connectivity index (χ2v) is 10.6. The number of nitrogens with one attached hydrogen (secondary N) is 2. The van der Waals surface area contributed by atoms with Gasteiger partial charge in [-0.15, -0.1) is 0 Å². The summed E-state index contributed by atoms with van der Waals surface area (Å²) in [5, 5.41) is 34.9. The number of hydrogen-bond donors (Lipinski definition) is 4. The number of benzene rings is 2. The van der Waals surface area contributed by atoms with Gasteiger partial charge in [-0.05, 0) is 75.1 Å². The van der Waals surface area contributed by atoms with Gasteiger partial charge in [-0.25, -0.2) is 4.79 Å². The molecule has 0 aliphatic carbocycles. The highest BCUT2D eigenvalue weighted by atomic mass is 16.6. The maximum absolute atomic E-state index is 14.1. The number of aromatic hydroxyl groups is 2. The van der Waals surface area contributed by atoms with Crippen LogP contribution in [0.15, 0.2) is 42.5 Å². The minimum Gasteiger partial charge on any atom is -0.508 e. The molecule has 0 spiro atoms. The number of nitriles is 1. The molecule has 0 saturated heterocycles. The second-order valence-electron chi connectivity index (χ2n) is 10.6. The van der Waals surface area contributed by atoms with Gasteiger partial charge in [0, 0.05) is 13.0 Å². The first-order valence-corrected chi connectivity index (χ1v) is 13.4. The molecule has 4 N–H and O–H groups in total. The quantitative estimate of drug-likeness (QED) is 0.227. The molecule has 0 bridgehead atoms. The van der Waals surface area contributed by atoms with Crippen molar-refractivity contribution in [2.24, 2.45) is 0 Å². The van der Waals surface area contributed by atoms with E-state index in [1.165, 1.54) is 24.3 Å². The van der Waals surface area contributed by atoms with Gasteiger partial charge in [0.05, 0.1) is 6.07 Å². The number of unbranched alkanes of at least 4 members (excludes halogenated alkanes) is 2. The third-order valence-electron chi connectivity index (χ3n) is 6.07. The fourth-order valence-electron chi connectivity index (χ4n) is 4.10. The summed E-state index contributed by atoms with van der Waals surface area (Å²) in [4.78, 5) is 41.5. The summed E-state index contributed by atoms with van der Waals surface area (Å²) in [5.74, 6) is -1.08. The van der Waals surface area contributed by atoms with Crippen molar-refractivity contribution in [1.82, 2.24) is 15.5 Å². The van der Waals surface area contributed by atoms with Crippen LogP contribution >= 0.6 is 0 Å². The van der Waals surface area contributed by atoms with Crippen LogP contribution in [0.5, 0.6) is 11.5 Å². The van der Waals surface area contributed by atoms with Crippen LogP contribution in [-0.2, 0) is 20.7 Å². The van der Waals surface area contributed by atoms with Gasteiger partial charge < -0.3 is 30.5 Å². The highest BCUT2D eigenvalue weighted by Crippen LogP contribution is 2.27. The van der Waals surface area contributed by atoms with Crippen molar-refractivity contribution >= 4 is 17.9 Å². The van der Waals surface area contributed by atoms with Gasteiger partial charge in [0.15, 0.2) is 0 Å². The molecule has 10 nitrogen and oxygen atoms in total. The molecule has 0 aliphatic rings. The van der Waals surface area contributed by atoms with Gasteiger partial charge >= 0.3 is 6.09 Å². The van der Waals surface area contributed by atoms with E-state index in [9.17, 15) is 29.9 Å². The normalized spacial score (nSPS) is 12.5. The van der Waals surface area contributed by atoms with Crippen molar-refractivity contribution < 1.29 is 29.3 Å². The van der Waals surface area contributed by atoms with E-state index < -0.39 is 42.1 Å². The first-order chi connectivity index (χ1) is 18.9. The average Bonchev–Trinajstić information content (AvgIpc) is 2.87. The highest BCUT2D eigenvalue weighted by molar-refractivity contribution is 5.92. The lowest BCUT2D eigenvalue weighted by molar-refractivity contribution is -0.141. The Morgan fingerprint density at radius 2 is 1.75 bits per heavy atom. The monoisotopic (exact) mass is 552 g/mol. The van der Waals surface area contributed by atoms with Crippen LogP contribution in [0.4, 0.5) is 4.79 Å². The Morgan fingerprint density at radius 1 is 1.07 bits per heavy atom. The van der Waals surface area contributed by atoms with Gasteiger partial charge in [0.2, 0.25) is 11.8 Å². The van der Waals surface area contributed by atoms with Crippen LogP contribution in [0, 0.1) is 18.3 Å². The Balaban J connectivity index is 2.52. The molecule has 2 aromatic carbocycles. The fraction of sp³-hybridized carbons (Fsp3) is 0.467. The number of carbonyl (C=O) groups is 3. The van der Waals surface area contributed by atoms with E-state index in [1.807, 2.05) is 13.0 Å². The van der Waals surface area contributed by atoms with Crippen LogP contribution in [0.2, 0.25) is 0 Å². The molecular formula is C30H40N4O6. The molecule has 0 radical (unpaired) electrons.